The number of amides is 3. The van der Waals surface area contributed by atoms with Crippen molar-refractivity contribution in [1.29, 1.82) is 0 Å². The van der Waals surface area contributed by atoms with Gasteiger partial charge in [-0.15, -0.1) is 0 Å². The minimum absolute atomic E-state index is 0.207. The van der Waals surface area contributed by atoms with Gasteiger partial charge in [0.05, 0.1) is 28.6 Å². The Kier molecular flexibility index (Phi) is 9.09. The first kappa shape index (κ1) is 33.2. The Hall–Kier alpha value is -5.22. The zero-order valence-electron chi connectivity index (χ0n) is 26.6. The number of aromatic nitrogens is 1. The lowest BCUT2D eigenvalue weighted by Crippen LogP contribution is -2.42. The number of allylic oxidation sites excluding steroid dienone is 1. The molecule has 0 saturated heterocycles. The highest BCUT2D eigenvalue weighted by atomic mass is 19.4. The number of fused-ring (bicyclic) bond motifs is 1. The molecular weight excluding hydrogens is 611 g/mol. The van der Waals surface area contributed by atoms with Crippen LogP contribution in [-0.2, 0) is 24.4 Å². The number of hydrogen-bond acceptors (Lipinski definition) is 6. The second-order valence-corrected chi connectivity index (χ2v) is 12.2. The summed E-state index contributed by atoms with van der Waals surface area (Å²) < 4.78 is 46.2. The number of benzene rings is 2. The van der Waals surface area contributed by atoms with Crippen LogP contribution in [-0.4, -0.2) is 46.2 Å². The molecular formula is C34H36F3N7O3. The van der Waals surface area contributed by atoms with Crippen LogP contribution in [0.25, 0.3) is 5.70 Å². The summed E-state index contributed by atoms with van der Waals surface area (Å²) in [6.07, 6.45) is -3.23. The van der Waals surface area contributed by atoms with Crippen LogP contribution in [0.2, 0.25) is 0 Å². The smallest absolute Gasteiger partial charge is 0.416 e. The van der Waals surface area contributed by atoms with Gasteiger partial charge in [0.15, 0.2) is 6.29 Å². The topological polar surface area (TPSA) is 126 Å². The fourth-order valence-electron chi connectivity index (χ4n) is 5.38. The van der Waals surface area contributed by atoms with E-state index in [9.17, 15) is 22.8 Å². The van der Waals surface area contributed by atoms with Crippen LogP contribution in [0.4, 0.5) is 34.1 Å². The third-order valence-corrected chi connectivity index (χ3v) is 7.64. The van der Waals surface area contributed by atoms with Gasteiger partial charge in [-0.3, -0.25) is 10.7 Å². The number of nitrogens with two attached hydrogens (primary N) is 1. The maximum absolute atomic E-state index is 12.9. The molecule has 2 aromatic carbocycles. The normalized spacial score (nSPS) is 17.7. The van der Waals surface area contributed by atoms with Gasteiger partial charge in [-0.1, -0.05) is 17.9 Å². The van der Waals surface area contributed by atoms with Gasteiger partial charge in [-0.2, -0.15) is 13.2 Å². The Bertz CT molecular complexity index is 1810. The molecule has 10 nitrogen and oxygen atoms in total. The van der Waals surface area contributed by atoms with E-state index in [1.807, 2.05) is 40.8 Å². The predicted molar refractivity (Wildman–Crippen MR) is 174 cm³/mol. The molecule has 246 valence electrons. The molecule has 0 spiro atoms. The molecule has 0 saturated carbocycles. The first-order valence-corrected chi connectivity index (χ1v) is 14.9. The van der Waals surface area contributed by atoms with Crippen molar-refractivity contribution in [1.82, 2.24) is 14.8 Å². The number of ether oxygens (including phenoxy) is 1. The predicted octanol–water partition coefficient (Wildman–Crippen LogP) is 6.22. The number of hydrogen-bond donors (Lipinski definition) is 4. The number of carbonyl (C=O) groups is 2. The van der Waals surface area contributed by atoms with Crippen molar-refractivity contribution in [3.8, 4) is 11.8 Å². The van der Waals surface area contributed by atoms with Gasteiger partial charge in [-0.25, -0.2) is 9.59 Å². The lowest BCUT2D eigenvalue weighted by atomic mass is 10.00. The van der Waals surface area contributed by atoms with Crippen molar-refractivity contribution < 1.29 is 27.5 Å². The monoisotopic (exact) mass is 647 g/mol. The fourth-order valence-corrected chi connectivity index (χ4v) is 5.38. The van der Waals surface area contributed by atoms with E-state index in [2.05, 4.69) is 37.4 Å². The van der Waals surface area contributed by atoms with E-state index in [-0.39, 0.29) is 17.8 Å². The minimum Gasteiger partial charge on any atom is -0.444 e. The second-order valence-electron chi connectivity index (χ2n) is 12.2. The molecule has 1 aromatic heterocycles. The van der Waals surface area contributed by atoms with E-state index in [0.717, 1.165) is 29.1 Å². The SMILES string of the molecule is CC1c2cc(C3=C(C#Cc4cccc(NC(=O)Nc5ccc(C(F)(F)F)cc5)c4)C=NC(N)N3)n(C)c2CCN1C(=O)OC(C)(C)C. The van der Waals surface area contributed by atoms with E-state index < -0.39 is 29.7 Å². The Morgan fingerprint density at radius 2 is 1.74 bits per heavy atom. The van der Waals surface area contributed by atoms with E-state index in [4.69, 9.17) is 10.5 Å². The standard InChI is InChI=1S/C34H36F3N7O3/c1-20-26-18-28(43(5)27(26)15-16-44(20)32(46)47-33(2,3)4)29-22(19-39-30(38)42-29)10-9-21-7-6-8-25(17-21)41-31(45)40-24-13-11-23(12-14-24)34(35,36)37/h6-8,11-14,17-20,30,42H,15-16,38H2,1-5H3,(H2,40,41,45). The maximum Gasteiger partial charge on any atom is 0.416 e. The van der Waals surface area contributed by atoms with Crippen LogP contribution in [0.1, 0.15) is 61.8 Å². The number of alkyl halides is 3. The zero-order chi connectivity index (χ0) is 34.1. The van der Waals surface area contributed by atoms with Crippen molar-refractivity contribution in [2.24, 2.45) is 17.8 Å². The van der Waals surface area contributed by atoms with Gasteiger partial charge in [0.25, 0.3) is 0 Å². The summed E-state index contributed by atoms with van der Waals surface area (Å²) in [5.74, 6) is 6.27. The van der Waals surface area contributed by atoms with Crippen molar-refractivity contribution >= 4 is 35.4 Å². The summed E-state index contributed by atoms with van der Waals surface area (Å²) in [5, 5.41) is 8.41. The molecule has 3 amide bonds. The largest absolute Gasteiger partial charge is 0.444 e. The molecule has 2 atom stereocenters. The highest BCUT2D eigenvalue weighted by Crippen LogP contribution is 2.35. The molecule has 0 radical (unpaired) electrons. The van der Waals surface area contributed by atoms with Crippen molar-refractivity contribution in [2.75, 3.05) is 17.2 Å². The molecule has 47 heavy (non-hydrogen) atoms. The van der Waals surface area contributed by atoms with Gasteiger partial charge in [0.1, 0.15) is 5.60 Å². The van der Waals surface area contributed by atoms with Crippen LogP contribution in [0.15, 0.2) is 65.2 Å². The lowest BCUT2D eigenvalue weighted by molar-refractivity contribution is -0.137. The quantitative estimate of drug-likeness (QED) is 0.251. The average molecular weight is 648 g/mol. The van der Waals surface area contributed by atoms with Crippen LogP contribution in [0.5, 0.6) is 0 Å². The minimum atomic E-state index is -4.46. The van der Waals surface area contributed by atoms with Gasteiger partial charge < -0.3 is 30.2 Å². The third-order valence-electron chi connectivity index (χ3n) is 7.64. The second kappa shape index (κ2) is 12.9. The molecule has 13 heteroatoms. The first-order valence-electron chi connectivity index (χ1n) is 14.9. The van der Waals surface area contributed by atoms with Crippen molar-refractivity contribution in [3.05, 3.63) is 88.2 Å². The number of carbonyl (C=O) groups excluding carboxylic acids is 2. The van der Waals surface area contributed by atoms with Crippen LogP contribution >= 0.6 is 0 Å². The van der Waals surface area contributed by atoms with Crippen LogP contribution in [0, 0.1) is 11.8 Å². The Balaban J connectivity index is 1.35. The fraction of sp³-hybridized carbons (Fsp3) is 0.324. The zero-order valence-corrected chi connectivity index (χ0v) is 26.6. The molecule has 0 aliphatic carbocycles. The van der Waals surface area contributed by atoms with E-state index in [1.54, 1.807) is 35.4 Å². The van der Waals surface area contributed by atoms with Crippen LogP contribution < -0.4 is 21.7 Å². The van der Waals surface area contributed by atoms with Gasteiger partial charge in [0.2, 0.25) is 0 Å². The Labute approximate surface area is 270 Å². The van der Waals surface area contributed by atoms with E-state index >= 15 is 0 Å². The van der Waals surface area contributed by atoms with Crippen molar-refractivity contribution in [2.45, 2.75) is 58.2 Å². The molecule has 2 unspecified atom stereocenters. The summed E-state index contributed by atoms with van der Waals surface area (Å²) in [6, 6.07) is 12.2. The molecule has 0 fully saturated rings. The number of nitrogens with zero attached hydrogens (tertiary/aromatic N) is 3. The molecule has 2 aliphatic rings. The average Bonchev–Trinajstić information content (AvgIpc) is 3.32. The highest BCUT2D eigenvalue weighted by molar-refractivity contribution is 6.00. The van der Waals surface area contributed by atoms with Crippen molar-refractivity contribution in [3.63, 3.8) is 0 Å². The Morgan fingerprint density at radius 1 is 1.04 bits per heavy atom. The first-order chi connectivity index (χ1) is 22.1. The number of urea groups is 1. The van der Waals surface area contributed by atoms with Gasteiger partial charge in [-0.05, 0) is 81.8 Å². The number of nitrogens with one attached hydrogen (secondary N) is 3. The maximum atomic E-state index is 12.9. The number of anilines is 2. The molecule has 0 bridgehead atoms. The summed E-state index contributed by atoms with van der Waals surface area (Å²) in [6.45, 7) is 8.03. The van der Waals surface area contributed by atoms with E-state index in [1.165, 1.54) is 12.1 Å². The Morgan fingerprint density at radius 3 is 2.43 bits per heavy atom. The molecule has 5 N–H and O–H groups in total. The number of halogens is 3. The highest BCUT2D eigenvalue weighted by Gasteiger charge is 2.34. The number of rotatable bonds is 3. The molecule has 2 aliphatic heterocycles. The molecule has 5 rings (SSSR count). The van der Waals surface area contributed by atoms with Gasteiger partial charge >= 0.3 is 18.3 Å². The summed E-state index contributed by atoms with van der Waals surface area (Å²) in [5.41, 5.74) is 10.2. The van der Waals surface area contributed by atoms with E-state index in [0.29, 0.717) is 35.5 Å². The van der Waals surface area contributed by atoms with Gasteiger partial charge in [0, 0.05) is 48.9 Å². The third kappa shape index (κ3) is 7.78. The summed E-state index contributed by atoms with van der Waals surface area (Å²) in [7, 11) is 1.96. The summed E-state index contributed by atoms with van der Waals surface area (Å²) in [4.78, 5) is 31.4. The molecule has 3 heterocycles. The summed E-state index contributed by atoms with van der Waals surface area (Å²) >= 11 is 0. The van der Waals surface area contributed by atoms with Crippen LogP contribution in [0.3, 0.4) is 0 Å². The molecule has 3 aromatic rings. The lowest BCUT2D eigenvalue weighted by Gasteiger charge is -2.35. The number of aliphatic imine (C=N–C) groups is 1.